The summed E-state index contributed by atoms with van der Waals surface area (Å²) in [6, 6.07) is 18.0. The molecule has 9 heteroatoms. The van der Waals surface area contributed by atoms with Crippen LogP contribution < -0.4 is 18.9 Å². The normalized spacial score (nSPS) is 23.0. The van der Waals surface area contributed by atoms with E-state index in [2.05, 4.69) is 60.2 Å². The zero-order valence-electron chi connectivity index (χ0n) is 28.7. The number of aryl methyl sites for hydroxylation is 1. The first kappa shape index (κ1) is 33.4. The summed E-state index contributed by atoms with van der Waals surface area (Å²) in [5.41, 5.74) is 6.56. The second-order valence-electron chi connectivity index (χ2n) is 12.5. The number of benzene rings is 3. The quantitative estimate of drug-likeness (QED) is 0.180. The van der Waals surface area contributed by atoms with Crippen molar-refractivity contribution in [1.82, 2.24) is 9.80 Å². The molecular formula is C39H45N3O6. The highest BCUT2D eigenvalue weighted by molar-refractivity contribution is 5.87. The van der Waals surface area contributed by atoms with Gasteiger partial charge in [-0.05, 0) is 104 Å². The van der Waals surface area contributed by atoms with Gasteiger partial charge in [0, 0.05) is 18.2 Å². The SMILES string of the molecule is CCOc1cc2c(cc1OCC)C(COC(=O)/C=C/c1ccc(CC)cc1)N1C(C2)[C@H]2c3cc(OC)c(OC)cc3C[C@@H]([C@@H]1C#N)N2C. The summed E-state index contributed by atoms with van der Waals surface area (Å²) < 4.78 is 29.5. The number of nitrogens with zero attached hydrogens (tertiary/aromatic N) is 3. The van der Waals surface area contributed by atoms with E-state index >= 15 is 0 Å². The number of likely N-dealkylation sites (N-methyl/N-ethyl adjacent to an activating group) is 1. The molecule has 0 radical (unpaired) electrons. The van der Waals surface area contributed by atoms with Gasteiger partial charge in [0.05, 0.1) is 45.6 Å². The first-order valence-electron chi connectivity index (χ1n) is 16.8. The smallest absolute Gasteiger partial charge is 0.330 e. The Morgan fingerprint density at radius 3 is 2.12 bits per heavy atom. The van der Waals surface area contributed by atoms with Crippen LogP contribution in [0.3, 0.4) is 0 Å². The fourth-order valence-corrected chi connectivity index (χ4v) is 7.80. The molecule has 48 heavy (non-hydrogen) atoms. The largest absolute Gasteiger partial charge is 0.493 e. The van der Waals surface area contributed by atoms with Crippen molar-refractivity contribution < 1.29 is 28.5 Å². The van der Waals surface area contributed by atoms with Gasteiger partial charge in [0.25, 0.3) is 0 Å². The average Bonchev–Trinajstić information content (AvgIpc) is 3.10. The summed E-state index contributed by atoms with van der Waals surface area (Å²) in [6.45, 7) is 7.08. The number of rotatable bonds is 11. The Bertz CT molecular complexity index is 1710. The maximum Gasteiger partial charge on any atom is 0.330 e. The average molecular weight is 652 g/mol. The van der Waals surface area contributed by atoms with Crippen LogP contribution in [0.1, 0.15) is 66.2 Å². The number of hydrogen-bond acceptors (Lipinski definition) is 9. The summed E-state index contributed by atoms with van der Waals surface area (Å²) in [6.07, 6.45) is 5.56. The number of piperazine rings is 1. The third kappa shape index (κ3) is 6.11. The van der Waals surface area contributed by atoms with Crippen molar-refractivity contribution in [1.29, 1.82) is 5.26 Å². The highest BCUT2D eigenvalue weighted by Gasteiger charge is 2.54. The number of esters is 1. The summed E-state index contributed by atoms with van der Waals surface area (Å²) in [7, 11) is 5.41. The summed E-state index contributed by atoms with van der Waals surface area (Å²) in [4.78, 5) is 17.8. The van der Waals surface area contributed by atoms with Crippen LogP contribution in [-0.4, -0.2) is 75.0 Å². The number of ether oxygens (including phenoxy) is 5. The van der Waals surface area contributed by atoms with Crippen molar-refractivity contribution in [2.75, 3.05) is 41.1 Å². The molecule has 3 heterocycles. The van der Waals surface area contributed by atoms with Crippen LogP contribution >= 0.6 is 0 Å². The molecule has 0 spiro atoms. The van der Waals surface area contributed by atoms with E-state index in [4.69, 9.17) is 23.7 Å². The van der Waals surface area contributed by atoms with Gasteiger partial charge in [0.15, 0.2) is 23.0 Å². The highest BCUT2D eigenvalue weighted by Crippen LogP contribution is 2.52. The molecule has 0 amide bonds. The maximum absolute atomic E-state index is 13.2. The molecular weight excluding hydrogens is 606 g/mol. The van der Waals surface area contributed by atoms with Crippen molar-refractivity contribution in [3.8, 4) is 29.1 Å². The third-order valence-corrected chi connectivity index (χ3v) is 10.1. The highest BCUT2D eigenvalue weighted by atomic mass is 16.5. The topological polar surface area (TPSA) is 93.5 Å². The van der Waals surface area contributed by atoms with E-state index in [1.54, 1.807) is 20.3 Å². The van der Waals surface area contributed by atoms with Gasteiger partial charge in [0.2, 0.25) is 0 Å². The fraction of sp³-hybridized carbons (Fsp3) is 0.436. The lowest BCUT2D eigenvalue weighted by molar-refractivity contribution is -0.143. The molecule has 252 valence electrons. The summed E-state index contributed by atoms with van der Waals surface area (Å²) in [5.74, 6) is 2.26. The first-order chi connectivity index (χ1) is 23.3. The molecule has 0 aliphatic carbocycles. The van der Waals surface area contributed by atoms with Gasteiger partial charge in [-0.1, -0.05) is 31.2 Å². The van der Waals surface area contributed by atoms with Gasteiger partial charge in [-0.3, -0.25) is 9.80 Å². The number of carbonyl (C=O) groups is 1. The standard InChI is InChI=1S/C39H45N3O6/c1-7-24-10-12-25(13-11-24)14-15-38(43)48-23-33-28-20-37(47-9-3)36(46-8-2)19-26(28)17-31-39-29-21-35(45-6)34(44-5)18-27(29)16-30(41(39)4)32(22-40)42(31)33/h10-15,18-21,30-33,39H,7-9,16-17,23H2,1-6H3/b15-14+/t30-,31?,32-,33?,39+/m0/s1. The van der Waals surface area contributed by atoms with Gasteiger partial charge in [-0.25, -0.2) is 4.79 Å². The van der Waals surface area contributed by atoms with Crippen molar-refractivity contribution in [2.24, 2.45) is 0 Å². The Morgan fingerprint density at radius 1 is 0.875 bits per heavy atom. The molecule has 3 aliphatic heterocycles. The minimum absolute atomic E-state index is 0.0393. The van der Waals surface area contributed by atoms with Gasteiger partial charge in [0.1, 0.15) is 12.6 Å². The zero-order chi connectivity index (χ0) is 33.9. The predicted molar refractivity (Wildman–Crippen MR) is 184 cm³/mol. The second kappa shape index (κ2) is 14.3. The summed E-state index contributed by atoms with van der Waals surface area (Å²) >= 11 is 0. The van der Waals surface area contributed by atoms with E-state index < -0.39 is 12.0 Å². The van der Waals surface area contributed by atoms with E-state index in [0.29, 0.717) is 49.1 Å². The molecule has 0 N–H and O–H groups in total. The Hall–Kier alpha value is -4.52. The Labute approximate surface area is 283 Å². The number of fused-ring (bicyclic) bond motifs is 7. The van der Waals surface area contributed by atoms with Crippen molar-refractivity contribution in [3.63, 3.8) is 0 Å². The molecule has 2 bridgehead atoms. The second-order valence-corrected chi connectivity index (χ2v) is 12.5. The molecule has 1 fully saturated rings. The molecule has 3 aliphatic rings. The minimum atomic E-state index is -0.455. The van der Waals surface area contributed by atoms with Crippen LogP contribution in [0.4, 0.5) is 0 Å². The molecule has 3 aromatic carbocycles. The molecule has 6 rings (SSSR count). The zero-order valence-corrected chi connectivity index (χ0v) is 28.7. The molecule has 0 saturated carbocycles. The molecule has 0 aromatic heterocycles. The van der Waals surface area contributed by atoms with Crippen LogP contribution in [0.25, 0.3) is 6.08 Å². The molecule has 3 aromatic rings. The number of nitriles is 1. The van der Waals surface area contributed by atoms with Crippen LogP contribution in [0.15, 0.2) is 54.6 Å². The van der Waals surface area contributed by atoms with E-state index in [1.165, 1.54) is 11.6 Å². The van der Waals surface area contributed by atoms with Crippen molar-refractivity contribution in [3.05, 3.63) is 88.0 Å². The number of hydrogen-bond donors (Lipinski definition) is 0. The van der Waals surface area contributed by atoms with Crippen molar-refractivity contribution in [2.45, 2.75) is 70.2 Å². The maximum atomic E-state index is 13.2. The predicted octanol–water partition coefficient (Wildman–Crippen LogP) is 6.09. The van der Waals surface area contributed by atoms with Gasteiger partial charge in [-0.15, -0.1) is 0 Å². The van der Waals surface area contributed by atoms with Crippen LogP contribution in [0, 0.1) is 11.3 Å². The Kier molecular flexibility index (Phi) is 9.95. The molecule has 5 atom stereocenters. The summed E-state index contributed by atoms with van der Waals surface area (Å²) in [5, 5.41) is 10.8. The molecule has 9 nitrogen and oxygen atoms in total. The van der Waals surface area contributed by atoms with Gasteiger partial charge in [-0.2, -0.15) is 5.26 Å². The van der Waals surface area contributed by atoms with E-state index in [9.17, 15) is 10.1 Å². The van der Waals surface area contributed by atoms with Crippen LogP contribution in [0.2, 0.25) is 0 Å². The van der Waals surface area contributed by atoms with E-state index in [0.717, 1.165) is 34.2 Å². The lowest BCUT2D eigenvalue weighted by Crippen LogP contribution is -2.68. The third-order valence-electron chi connectivity index (χ3n) is 10.1. The molecule has 1 saturated heterocycles. The Balaban J connectivity index is 1.41. The lowest BCUT2D eigenvalue weighted by Gasteiger charge is -2.59. The fourth-order valence-electron chi connectivity index (χ4n) is 7.80. The van der Waals surface area contributed by atoms with E-state index in [-0.39, 0.29) is 30.8 Å². The Morgan fingerprint density at radius 2 is 1.48 bits per heavy atom. The van der Waals surface area contributed by atoms with Gasteiger partial charge < -0.3 is 23.7 Å². The first-order valence-corrected chi connectivity index (χ1v) is 16.8. The van der Waals surface area contributed by atoms with E-state index in [1.807, 2.05) is 32.0 Å². The minimum Gasteiger partial charge on any atom is -0.493 e. The van der Waals surface area contributed by atoms with Crippen LogP contribution in [-0.2, 0) is 28.8 Å². The van der Waals surface area contributed by atoms with Gasteiger partial charge >= 0.3 is 5.97 Å². The number of methoxy groups -OCH3 is 2. The van der Waals surface area contributed by atoms with Crippen molar-refractivity contribution >= 4 is 12.0 Å². The lowest BCUT2D eigenvalue weighted by atomic mass is 9.72. The monoisotopic (exact) mass is 651 g/mol. The van der Waals surface area contributed by atoms with Crippen LogP contribution in [0.5, 0.6) is 23.0 Å². The number of carbonyl (C=O) groups excluding carboxylic acids is 1. The molecule has 2 unspecified atom stereocenters.